The molecular weight excluding hydrogens is 166 g/mol. The minimum atomic E-state index is -0.445. The first kappa shape index (κ1) is 10.5. The van der Waals surface area contributed by atoms with E-state index in [9.17, 15) is 5.11 Å². The third-order valence-corrected chi connectivity index (χ3v) is 2.29. The Morgan fingerprint density at radius 2 is 2.31 bits per heavy atom. The van der Waals surface area contributed by atoms with Crippen LogP contribution in [0.3, 0.4) is 0 Å². The van der Waals surface area contributed by atoms with Crippen LogP contribution in [0.15, 0.2) is 0 Å². The van der Waals surface area contributed by atoms with E-state index >= 15 is 0 Å². The van der Waals surface area contributed by atoms with Crippen molar-refractivity contribution >= 4 is 0 Å². The average Bonchev–Trinajstić information content (AvgIpc) is 2.94. The van der Waals surface area contributed by atoms with Gasteiger partial charge in [-0.1, -0.05) is 0 Å². The molecule has 0 aromatic rings. The molecule has 0 radical (unpaired) electrons. The number of nitrogens with zero attached hydrogens (tertiary/aromatic N) is 2. The largest absolute Gasteiger partial charge is 0.390 e. The third-order valence-electron chi connectivity index (χ3n) is 2.29. The summed E-state index contributed by atoms with van der Waals surface area (Å²) in [6.07, 6.45) is 2.48. The van der Waals surface area contributed by atoms with Gasteiger partial charge in [0.1, 0.15) is 0 Å². The van der Waals surface area contributed by atoms with Crippen LogP contribution in [0.4, 0.5) is 0 Å². The number of aliphatic hydroxyl groups excluding tert-OH is 1. The maximum atomic E-state index is 9.35. The van der Waals surface area contributed by atoms with Gasteiger partial charge in [-0.15, -0.1) is 0 Å². The van der Waals surface area contributed by atoms with Crippen molar-refractivity contribution in [2.75, 3.05) is 19.6 Å². The second-order valence-corrected chi connectivity index (χ2v) is 3.52. The average molecular weight is 183 g/mol. The van der Waals surface area contributed by atoms with E-state index in [2.05, 4.69) is 11.0 Å². The minimum Gasteiger partial charge on any atom is -0.390 e. The molecule has 1 atom stereocenters. The maximum Gasteiger partial charge on any atom is 0.0789 e. The summed E-state index contributed by atoms with van der Waals surface area (Å²) in [5.41, 5.74) is 5.33. The van der Waals surface area contributed by atoms with Crippen LogP contribution in [0.1, 0.15) is 19.3 Å². The van der Waals surface area contributed by atoms with Crippen LogP contribution in [-0.4, -0.2) is 41.8 Å². The van der Waals surface area contributed by atoms with E-state index in [0.29, 0.717) is 25.6 Å². The highest BCUT2D eigenvalue weighted by Crippen LogP contribution is 2.26. The van der Waals surface area contributed by atoms with Gasteiger partial charge in [0.25, 0.3) is 0 Å². The van der Waals surface area contributed by atoms with E-state index in [1.807, 2.05) is 0 Å². The van der Waals surface area contributed by atoms with Gasteiger partial charge >= 0.3 is 0 Å². The lowest BCUT2D eigenvalue weighted by Gasteiger charge is -2.22. The molecule has 0 aliphatic heterocycles. The summed E-state index contributed by atoms with van der Waals surface area (Å²) in [6, 6.07) is 2.71. The summed E-state index contributed by atoms with van der Waals surface area (Å²) < 4.78 is 0. The Labute approximate surface area is 78.9 Å². The molecule has 13 heavy (non-hydrogen) atoms. The van der Waals surface area contributed by atoms with Crippen LogP contribution in [0.25, 0.3) is 0 Å². The van der Waals surface area contributed by atoms with Crippen LogP contribution in [-0.2, 0) is 0 Å². The fourth-order valence-electron chi connectivity index (χ4n) is 1.40. The number of hydrogen-bond acceptors (Lipinski definition) is 4. The molecule has 0 aromatic carbocycles. The lowest BCUT2D eigenvalue weighted by Crippen LogP contribution is -2.38. The molecule has 4 nitrogen and oxygen atoms in total. The van der Waals surface area contributed by atoms with E-state index in [0.717, 1.165) is 6.54 Å². The highest BCUT2D eigenvalue weighted by Gasteiger charge is 2.29. The Morgan fingerprint density at radius 3 is 2.77 bits per heavy atom. The standard InChI is InChI=1S/C9H17N3O/c10-4-1-5-12(8-2-3-8)7-9(13)6-11/h8-9,13H,1-3,5-7,11H2. The summed E-state index contributed by atoms with van der Waals surface area (Å²) in [6.45, 7) is 1.68. The molecule has 1 fully saturated rings. The van der Waals surface area contributed by atoms with Crippen molar-refractivity contribution < 1.29 is 5.11 Å². The van der Waals surface area contributed by atoms with Crippen LogP contribution < -0.4 is 5.73 Å². The Kier molecular flexibility index (Phi) is 4.16. The topological polar surface area (TPSA) is 73.3 Å². The van der Waals surface area contributed by atoms with E-state index in [4.69, 9.17) is 11.0 Å². The molecule has 0 aromatic heterocycles. The van der Waals surface area contributed by atoms with Gasteiger partial charge in [0.15, 0.2) is 0 Å². The van der Waals surface area contributed by atoms with E-state index in [-0.39, 0.29) is 0 Å². The normalized spacial score (nSPS) is 18.6. The Bertz CT molecular complexity index is 186. The van der Waals surface area contributed by atoms with Crippen molar-refractivity contribution in [2.24, 2.45) is 5.73 Å². The number of nitriles is 1. The summed E-state index contributed by atoms with van der Waals surface area (Å²) in [4.78, 5) is 2.17. The summed E-state index contributed by atoms with van der Waals surface area (Å²) in [5.74, 6) is 0. The predicted octanol–water partition coefficient (Wildman–Crippen LogP) is -0.316. The molecule has 4 heteroatoms. The number of rotatable bonds is 6. The first-order valence-electron chi connectivity index (χ1n) is 4.77. The number of hydrogen-bond donors (Lipinski definition) is 2. The molecular formula is C9H17N3O. The molecule has 0 bridgehead atoms. The summed E-state index contributed by atoms with van der Waals surface area (Å²) in [7, 11) is 0. The fourth-order valence-corrected chi connectivity index (χ4v) is 1.40. The molecule has 1 saturated carbocycles. The zero-order valence-electron chi connectivity index (χ0n) is 7.82. The monoisotopic (exact) mass is 183 g/mol. The molecule has 0 amide bonds. The summed E-state index contributed by atoms with van der Waals surface area (Å²) in [5, 5.41) is 17.8. The van der Waals surface area contributed by atoms with Gasteiger partial charge in [-0.05, 0) is 12.8 Å². The van der Waals surface area contributed by atoms with Gasteiger partial charge in [0.05, 0.1) is 12.2 Å². The number of nitrogens with two attached hydrogens (primary N) is 1. The fraction of sp³-hybridized carbons (Fsp3) is 0.889. The first-order valence-corrected chi connectivity index (χ1v) is 4.77. The molecule has 1 unspecified atom stereocenters. The molecule has 1 aliphatic rings. The smallest absolute Gasteiger partial charge is 0.0789 e. The van der Waals surface area contributed by atoms with Crippen molar-refractivity contribution in [2.45, 2.75) is 31.4 Å². The molecule has 1 aliphatic carbocycles. The predicted molar refractivity (Wildman–Crippen MR) is 49.9 cm³/mol. The highest BCUT2D eigenvalue weighted by molar-refractivity contribution is 4.87. The molecule has 0 spiro atoms. The second-order valence-electron chi connectivity index (χ2n) is 3.52. The van der Waals surface area contributed by atoms with Crippen LogP contribution in [0.2, 0.25) is 0 Å². The molecule has 0 heterocycles. The van der Waals surface area contributed by atoms with Crippen molar-refractivity contribution in [3.05, 3.63) is 0 Å². The van der Waals surface area contributed by atoms with Gasteiger partial charge in [0.2, 0.25) is 0 Å². The molecule has 74 valence electrons. The lowest BCUT2D eigenvalue weighted by molar-refractivity contribution is 0.115. The van der Waals surface area contributed by atoms with Crippen LogP contribution in [0.5, 0.6) is 0 Å². The van der Waals surface area contributed by atoms with Crippen LogP contribution >= 0.6 is 0 Å². The zero-order valence-corrected chi connectivity index (χ0v) is 7.82. The lowest BCUT2D eigenvalue weighted by atomic mass is 10.3. The quantitative estimate of drug-likeness (QED) is 0.592. The van der Waals surface area contributed by atoms with Crippen molar-refractivity contribution in [1.82, 2.24) is 4.90 Å². The number of aliphatic hydroxyl groups is 1. The van der Waals surface area contributed by atoms with E-state index < -0.39 is 6.10 Å². The zero-order chi connectivity index (χ0) is 9.68. The van der Waals surface area contributed by atoms with Gasteiger partial charge in [-0.25, -0.2) is 0 Å². The Morgan fingerprint density at radius 1 is 1.62 bits per heavy atom. The SMILES string of the molecule is N#CCCN(CC(O)CN)C1CC1. The maximum absolute atomic E-state index is 9.35. The van der Waals surface area contributed by atoms with Crippen molar-refractivity contribution in [3.8, 4) is 6.07 Å². The van der Waals surface area contributed by atoms with Gasteiger partial charge in [0, 0.05) is 32.1 Å². The first-order chi connectivity index (χ1) is 6.27. The van der Waals surface area contributed by atoms with E-state index in [1.165, 1.54) is 12.8 Å². The second kappa shape index (κ2) is 5.18. The minimum absolute atomic E-state index is 0.301. The molecule has 1 rings (SSSR count). The molecule has 3 N–H and O–H groups in total. The highest BCUT2D eigenvalue weighted by atomic mass is 16.3. The Balaban J connectivity index is 2.25. The van der Waals surface area contributed by atoms with Gasteiger partial charge in [-0.2, -0.15) is 5.26 Å². The van der Waals surface area contributed by atoms with E-state index in [1.54, 1.807) is 0 Å². The third kappa shape index (κ3) is 3.73. The van der Waals surface area contributed by atoms with Gasteiger partial charge < -0.3 is 10.8 Å². The van der Waals surface area contributed by atoms with Gasteiger partial charge in [-0.3, -0.25) is 4.90 Å². The Hall–Kier alpha value is -0.630. The summed E-state index contributed by atoms with van der Waals surface area (Å²) >= 11 is 0. The van der Waals surface area contributed by atoms with Crippen LogP contribution in [0, 0.1) is 11.3 Å². The molecule has 0 saturated heterocycles. The van der Waals surface area contributed by atoms with Crippen molar-refractivity contribution in [3.63, 3.8) is 0 Å². The van der Waals surface area contributed by atoms with Crippen molar-refractivity contribution in [1.29, 1.82) is 5.26 Å².